The van der Waals surface area contributed by atoms with Gasteiger partial charge in [0.1, 0.15) is 5.78 Å². The van der Waals surface area contributed by atoms with Crippen LogP contribution in [0.15, 0.2) is 40.9 Å². The smallest absolute Gasteiger partial charge is 0.156 e. The molecule has 92 valence electrons. The molecule has 2 aliphatic carbocycles. The van der Waals surface area contributed by atoms with Crippen LogP contribution in [0.1, 0.15) is 24.3 Å². The molecule has 1 fully saturated rings. The Labute approximate surface area is 114 Å². The highest BCUT2D eigenvalue weighted by Crippen LogP contribution is 2.47. The number of hydrogen-bond donors (Lipinski definition) is 0. The molecule has 0 aromatic heterocycles. The molecule has 3 heteroatoms. The number of benzene rings is 1. The molecule has 0 unspecified atom stereocenters. The summed E-state index contributed by atoms with van der Waals surface area (Å²) in [5.74, 6) is 0.617. The van der Waals surface area contributed by atoms with E-state index in [1.54, 1.807) is 6.08 Å². The largest absolute Gasteiger partial charge is 0.299 e. The SMILES string of the molecule is O=C1C=C[C@@H]2[C@@H](c3ccccc3Br)CC(=O)[C@@H]2C1. The van der Waals surface area contributed by atoms with Crippen molar-refractivity contribution in [1.82, 2.24) is 0 Å². The van der Waals surface area contributed by atoms with Crippen molar-refractivity contribution in [3.8, 4) is 0 Å². The zero-order valence-electron chi connectivity index (χ0n) is 9.80. The first-order chi connectivity index (χ1) is 8.66. The molecule has 0 N–H and O–H groups in total. The fourth-order valence-electron chi connectivity index (χ4n) is 3.11. The average molecular weight is 305 g/mol. The Morgan fingerprint density at radius 1 is 1.06 bits per heavy atom. The third-order valence-electron chi connectivity index (χ3n) is 3.99. The van der Waals surface area contributed by atoms with Crippen LogP contribution in [0.3, 0.4) is 0 Å². The number of halogens is 1. The van der Waals surface area contributed by atoms with Gasteiger partial charge in [0.2, 0.25) is 0 Å². The lowest BCUT2D eigenvalue weighted by Crippen LogP contribution is -2.22. The minimum atomic E-state index is -0.0976. The highest BCUT2D eigenvalue weighted by Gasteiger charge is 2.44. The summed E-state index contributed by atoms with van der Waals surface area (Å²) in [5, 5.41) is 0. The minimum absolute atomic E-state index is 0.0809. The molecule has 0 heterocycles. The van der Waals surface area contributed by atoms with E-state index in [0.717, 1.165) is 4.47 Å². The molecule has 3 atom stereocenters. The first kappa shape index (κ1) is 11.8. The predicted molar refractivity (Wildman–Crippen MR) is 72.3 cm³/mol. The van der Waals surface area contributed by atoms with Gasteiger partial charge in [-0.25, -0.2) is 0 Å². The van der Waals surface area contributed by atoms with Gasteiger partial charge in [-0.1, -0.05) is 40.2 Å². The van der Waals surface area contributed by atoms with Crippen LogP contribution in [0.4, 0.5) is 0 Å². The third kappa shape index (κ3) is 1.87. The second-order valence-corrected chi connectivity index (χ2v) is 5.87. The highest BCUT2D eigenvalue weighted by molar-refractivity contribution is 9.10. The molecule has 3 rings (SSSR count). The van der Waals surface area contributed by atoms with Crippen molar-refractivity contribution in [3.05, 3.63) is 46.5 Å². The van der Waals surface area contributed by atoms with Gasteiger partial charge in [0.25, 0.3) is 0 Å². The van der Waals surface area contributed by atoms with Crippen LogP contribution in [-0.2, 0) is 9.59 Å². The molecule has 18 heavy (non-hydrogen) atoms. The number of rotatable bonds is 1. The van der Waals surface area contributed by atoms with Crippen LogP contribution < -0.4 is 0 Å². The van der Waals surface area contributed by atoms with Crippen molar-refractivity contribution in [2.75, 3.05) is 0 Å². The topological polar surface area (TPSA) is 34.1 Å². The van der Waals surface area contributed by atoms with Gasteiger partial charge in [-0.3, -0.25) is 9.59 Å². The number of Topliss-reactive ketones (excluding diaryl/α,β-unsaturated/α-hetero) is 1. The molecule has 1 aromatic carbocycles. The van der Waals surface area contributed by atoms with Crippen molar-refractivity contribution < 1.29 is 9.59 Å². The molecule has 1 aromatic rings. The second-order valence-electron chi connectivity index (χ2n) is 5.01. The van der Waals surface area contributed by atoms with Crippen molar-refractivity contribution in [2.24, 2.45) is 11.8 Å². The highest BCUT2D eigenvalue weighted by atomic mass is 79.9. The van der Waals surface area contributed by atoms with Crippen LogP contribution >= 0.6 is 15.9 Å². The molecular formula is C15H13BrO2. The van der Waals surface area contributed by atoms with Gasteiger partial charge in [0.15, 0.2) is 5.78 Å². The normalized spacial score (nSPS) is 30.6. The second kappa shape index (κ2) is 4.47. The van der Waals surface area contributed by atoms with Gasteiger partial charge < -0.3 is 0 Å². The van der Waals surface area contributed by atoms with E-state index in [9.17, 15) is 9.59 Å². The Balaban J connectivity index is 2.00. The van der Waals surface area contributed by atoms with Crippen molar-refractivity contribution in [3.63, 3.8) is 0 Å². The molecule has 0 bridgehead atoms. The lowest BCUT2D eigenvalue weighted by atomic mass is 9.79. The summed E-state index contributed by atoms with van der Waals surface area (Å²) in [6, 6.07) is 8.04. The molecule has 0 spiro atoms. The monoisotopic (exact) mass is 304 g/mol. The summed E-state index contributed by atoms with van der Waals surface area (Å²) in [6.07, 6.45) is 4.52. The maximum absolute atomic E-state index is 12.0. The van der Waals surface area contributed by atoms with E-state index in [1.807, 2.05) is 24.3 Å². The Morgan fingerprint density at radius 2 is 1.83 bits per heavy atom. The van der Waals surface area contributed by atoms with Gasteiger partial charge in [-0.2, -0.15) is 0 Å². The van der Waals surface area contributed by atoms with E-state index >= 15 is 0 Å². The lowest BCUT2D eigenvalue weighted by molar-refractivity contribution is -0.125. The summed E-state index contributed by atoms with van der Waals surface area (Å²) >= 11 is 3.55. The zero-order valence-corrected chi connectivity index (χ0v) is 11.4. The molecule has 0 amide bonds. The standard InChI is InChI=1S/C15H13BrO2/c16-14-4-2-1-3-11(14)12-8-15(18)13-7-9(17)5-6-10(12)13/h1-6,10,12-13H,7-8H2/t10-,12+,13-/m1/s1. The van der Waals surface area contributed by atoms with E-state index in [2.05, 4.69) is 22.0 Å². The Hall–Kier alpha value is -1.22. The maximum atomic E-state index is 12.0. The lowest BCUT2D eigenvalue weighted by Gasteiger charge is -2.23. The number of carbonyl (C=O) groups excluding carboxylic acids is 2. The fourth-order valence-corrected chi connectivity index (χ4v) is 3.69. The first-order valence-corrected chi connectivity index (χ1v) is 6.94. The van der Waals surface area contributed by atoms with Crippen LogP contribution in [0.5, 0.6) is 0 Å². The quantitative estimate of drug-likeness (QED) is 0.798. The van der Waals surface area contributed by atoms with E-state index in [4.69, 9.17) is 0 Å². The number of fused-ring (bicyclic) bond motifs is 1. The number of hydrogen-bond acceptors (Lipinski definition) is 2. The first-order valence-electron chi connectivity index (χ1n) is 6.15. The summed E-state index contributed by atoms with van der Waals surface area (Å²) in [4.78, 5) is 23.5. The summed E-state index contributed by atoms with van der Waals surface area (Å²) in [6.45, 7) is 0. The summed E-state index contributed by atoms with van der Waals surface area (Å²) in [5.41, 5.74) is 1.18. The predicted octanol–water partition coefficient (Wildman–Crippen LogP) is 3.27. The van der Waals surface area contributed by atoms with E-state index in [1.165, 1.54) is 5.56 Å². The molecule has 0 saturated heterocycles. The molecular weight excluding hydrogens is 292 g/mol. The van der Waals surface area contributed by atoms with Crippen molar-refractivity contribution in [2.45, 2.75) is 18.8 Å². The van der Waals surface area contributed by atoms with Gasteiger partial charge >= 0.3 is 0 Å². The van der Waals surface area contributed by atoms with Crippen molar-refractivity contribution in [1.29, 1.82) is 0 Å². The van der Waals surface area contributed by atoms with Crippen molar-refractivity contribution >= 4 is 27.5 Å². The van der Waals surface area contributed by atoms with E-state index < -0.39 is 0 Å². The van der Waals surface area contributed by atoms with Gasteiger partial charge in [-0.15, -0.1) is 0 Å². The summed E-state index contributed by atoms with van der Waals surface area (Å²) in [7, 11) is 0. The molecule has 0 aliphatic heterocycles. The average Bonchev–Trinajstić information content (AvgIpc) is 2.67. The molecule has 2 nitrogen and oxygen atoms in total. The molecule has 0 radical (unpaired) electrons. The molecule has 2 aliphatic rings. The third-order valence-corrected chi connectivity index (χ3v) is 4.72. The van der Waals surface area contributed by atoms with Crippen LogP contribution in [-0.4, -0.2) is 11.6 Å². The Kier molecular flexibility index (Phi) is 2.94. The van der Waals surface area contributed by atoms with E-state index in [-0.39, 0.29) is 29.3 Å². The minimum Gasteiger partial charge on any atom is -0.299 e. The number of carbonyl (C=O) groups is 2. The zero-order chi connectivity index (χ0) is 12.7. The molecule has 1 saturated carbocycles. The number of ketones is 2. The van der Waals surface area contributed by atoms with Gasteiger partial charge in [-0.05, 0) is 29.5 Å². The Bertz CT molecular complexity index is 547. The fraction of sp³-hybridized carbons (Fsp3) is 0.333. The van der Waals surface area contributed by atoms with Crippen LogP contribution in [0.2, 0.25) is 0 Å². The van der Waals surface area contributed by atoms with Crippen LogP contribution in [0, 0.1) is 11.8 Å². The van der Waals surface area contributed by atoms with Gasteiger partial charge in [0.05, 0.1) is 0 Å². The van der Waals surface area contributed by atoms with Crippen LogP contribution in [0.25, 0.3) is 0 Å². The Morgan fingerprint density at radius 3 is 2.61 bits per heavy atom. The van der Waals surface area contributed by atoms with Gasteiger partial charge in [0, 0.05) is 23.2 Å². The number of allylic oxidation sites excluding steroid dienone is 2. The maximum Gasteiger partial charge on any atom is 0.156 e. The summed E-state index contributed by atoms with van der Waals surface area (Å²) < 4.78 is 1.05. The van der Waals surface area contributed by atoms with E-state index in [0.29, 0.717) is 12.8 Å².